The lowest BCUT2D eigenvalue weighted by Gasteiger charge is -2.40. The Morgan fingerprint density at radius 2 is 1.93 bits per heavy atom. The van der Waals surface area contributed by atoms with E-state index in [0.29, 0.717) is 6.42 Å². The van der Waals surface area contributed by atoms with Crippen LogP contribution in [-0.2, 0) is 18.7 Å². The van der Waals surface area contributed by atoms with Crippen molar-refractivity contribution in [3.8, 4) is 0 Å². The molecular weight excluding hydrogens is 368 g/mol. The average molecular weight is 399 g/mol. The molecule has 27 heavy (non-hydrogen) atoms. The Kier molecular flexibility index (Phi) is 6.18. The Balaban J connectivity index is 2.46. The van der Waals surface area contributed by atoms with Crippen molar-refractivity contribution in [3.05, 3.63) is 33.1 Å². The molecular formula is C18H30N2O6Si. The molecule has 1 aliphatic heterocycles. The van der Waals surface area contributed by atoms with Crippen LogP contribution in [0.25, 0.3) is 0 Å². The Bertz CT molecular complexity index is 794. The maximum atomic E-state index is 12.3. The third-order valence-corrected chi connectivity index (χ3v) is 9.83. The first-order chi connectivity index (χ1) is 12.4. The highest BCUT2D eigenvalue weighted by Gasteiger charge is 2.52. The molecule has 1 aromatic rings. The molecule has 1 aromatic heterocycles. The molecule has 1 N–H and O–H groups in total. The fraction of sp³-hybridized carbons (Fsp3) is 0.722. The van der Waals surface area contributed by atoms with Gasteiger partial charge in [0, 0.05) is 19.2 Å². The number of aromatic nitrogens is 2. The first-order valence-electron chi connectivity index (χ1n) is 9.19. The average Bonchev–Trinajstić information content (AvgIpc) is 2.83. The number of rotatable bonds is 5. The van der Waals surface area contributed by atoms with Crippen LogP contribution >= 0.6 is 0 Å². The van der Waals surface area contributed by atoms with E-state index in [2.05, 4.69) is 38.8 Å². The van der Waals surface area contributed by atoms with Gasteiger partial charge < -0.3 is 13.9 Å². The summed E-state index contributed by atoms with van der Waals surface area (Å²) in [7, 11) is -2.19. The van der Waals surface area contributed by atoms with Crippen LogP contribution in [0.15, 0.2) is 21.9 Å². The van der Waals surface area contributed by atoms with Crippen molar-refractivity contribution in [1.29, 1.82) is 0 Å². The summed E-state index contributed by atoms with van der Waals surface area (Å²) >= 11 is 0. The smallest absolute Gasteiger partial charge is 0.330 e. The second-order valence-corrected chi connectivity index (χ2v) is 13.2. The number of carbonyl (C=O) groups is 1. The van der Waals surface area contributed by atoms with Crippen LogP contribution in [-0.4, -0.2) is 42.1 Å². The molecule has 0 spiro atoms. The first-order valence-corrected chi connectivity index (χ1v) is 12.1. The van der Waals surface area contributed by atoms with Gasteiger partial charge in [0.05, 0.1) is 6.10 Å². The van der Waals surface area contributed by atoms with E-state index >= 15 is 0 Å². The lowest BCUT2D eigenvalue weighted by Crippen LogP contribution is -2.50. The minimum atomic E-state index is -2.19. The van der Waals surface area contributed by atoms with Crippen LogP contribution in [0.2, 0.25) is 18.1 Å². The Morgan fingerprint density at radius 1 is 1.30 bits per heavy atom. The number of hydrogen-bond acceptors (Lipinski definition) is 6. The molecule has 0 amide bonds. The molecule has 8 nitrogen and oxygen atoms in total. The summed E-state index contributed by atoms with van der Waals surface area (Å²) in [4.78, 5) is 37.6. The van der Waals surface area contributed by atoms with E-state index in [1.54, 1.807) is 0 Å². The Morgan fingerprint density at radius 3 is 2.41 bits per heavy atom. The van der Waals surface area contributed by atoms with E-state index in [1.165, 1.54) is 23.8 Å². The van der Waals surface area contributed by atoms with Crippen LogP contribution in [0.1, 0.15) is 47.3 Å². The molecule has 1 fully saturated rings. The number of hydrogen-bond donors (Lipinski definition) is 1. The molecule has 152 valence electrons. The fourth-order valence-electron chi connectivity index (χ4n) is 2.86. The number of nitrogens with one attached hydrogen (secondary N) is 1. The Labute approximate surface area is 160 Å². The van der Waals surface area contributed by atoms with Crippen LogP contribution < -0.4 is 11.2 Å². The van der Waals surface area contributed by atoms with Gasteiger partial charge in [-0.3, -0.25) is 19.1 Å². The number of ether oxygens (including phenoxy) is 2. The van der Waals surface area contributed by atoms with Crippen LogP contribution in [0.5, 0.6) is 0 Å². The number of aromatic amines is 1. The molecule has 2 heterocycles. The minimum Gasteiger partial charge on any atom is -0.455 e. The van der Waals surface area contributed by atoms with Gasteiger partial charge in [0.2, 0.25) is 0 Å². The third-order valence-electron chi connectivity index (χ3n) is 5.35. The van der Waals surface area contributed by atoms with Crippen LogP contribution in [0, 0.1) is 0 Å². The molecule has 1 saturated heterocycles. The summed E-state index contributed by atoms with van der Waals surface area (Å²) in [6, 6.07) is 1.23. The molecule has 0 saturated carbocycles. The van der Waals surface area contributed by atoms with Gasteiger partial charge in [0.1, 0.15) is 6.10 Å². The highest BCUT2D eigenvalue weighted by Crippen LogP contribution is 2.42. The second kappa shape index (κ2) is 7.73. The molecule has 0 radical (unpaired) electrons. The highest BCUT2D eigenvalue weighted by molar-refractivity contribution is 6.74. The van der Waals surface area contributed by atoms with E-state index in [9.17, 15) is 14.4 Å². The summed E-state index contributed by atoms with van der Waals surface area (Å²) in [6.07, 6.45) is -0.505. The molecule has 4 unspecified atom stereocenters. The van der Waals surface area contributed by atoms with Gasteiger partial charge >= 0.3 is 11.7 Å². The standard InChI is InChI=1S/C18H30N2O6Si/c1-8-12-14(26-27(6,7)18(3,4)5)15(24-11(2)21)16(25-12)20-10-9-13(22)19-17(20)23/h9-10,12,14-16H,8H2,1-7H3,(H,19,22,23). The van der Waals surface area contributed by atoms with Crippen molar-refractivity contribution in [2.75, 3.05) is 0 Å². The van der Waals surface area contributed by atoms with Crippen molar-refractivity contribution >= 4 is 14.3 Å². The van der Waals surface area contributed by atoms with Crippen molar-refractivity contribution in [2.24, 2.45) is 0 Å². The summed E-state index contributed by atoms with van der Waals surface area (Å²) in [5.74, 6) is -0.480. The zero-order chi connectivity index (χ0) is 20.6. The highest BCUT2D eigenvalue weighted by atomic mass is 28.4. The van der Waals surface area contributed by atoms with Crippen molar-refractivity contribution in [3.63, 3.8) is 0 Å². The van der Waals surface area contributed by atoms with E-state index < -0.39 is 44.0 Å². The van der Waals surface area contributed by atoms with E-state index in [-0.39, 0.29) is 11.1 Å². The molecule has 0 aromatic carbocycles. The number of H-pyrrole nitrogens is 1. The monoisotopic (exact) mass is 398 g/mol. The lowest BCUT2D eigenvalue weighted by molar-refractivity contribution is -0.155. The van der Waals surface area contributed by atoms with Gasteiger partial charge in [-0.25, -0.2) is 4.79 Å². The van der Waals surface area contributed by atoms with Gasteiger partial charge in [-0.05, 0) is 24.6 Å². The second-order valence-electron chi connectivity index (χ2n) is 8.41. The van der Waals surface area contributed by atoms with Crippen molar-refractivity contribution in [1.82, 2.24) is 9.55 Å². The molecule has 0 aliphatic carbocycles. The predicted octanol–water partition coefficient (Wildman–Crippen LogP) is 2.17. The number of esters is 1. The van der Waals surface area contributed by atoms with Crippen LogP contribution in [0.4, 0.5) is 0 Å². The van der Waals surface area contributed by atoms with Gasteiger partial charge in [-0.2, -0.15) is 0 Å². The largest absolute Gasteiger partial charge is 0.455 e. The van der Waals surface area contributed by atoms with E-state index in [0.717, 1.165) is 0 Å². The van der Waals surface area contributed by atoms with Gasteiger partial charge in [-0.15, -0.1) is 0 Å². The quantitative estimate of drug-likeness (QED) is 0.603. The predicted molar refractivity (Wildman–Crippen MR) is 103 cm³/mol. The van der Waals surface area contributed by atoms with E-state index in [4.69, 9.17) is 13.9 Å². The number of nitrogens with zero attached hydrogens (tertiary/aromatic N) is 1. The first kappa shape index (κ1) is 21.6. The van der Waals surface area contributed by atoms with Crippen molar-refractivity contribution < 1.29 is 18.7 Å². The third kappa shape index (κ3) is 4.59. The molecule has 2 rings (SSSR count). The maximum Gasteiger partial charge on any atom is 0.330 e. The van der Waals surface area contributed by atoms with Crippen molar-refractivity contribution in [2.45, 2.75) is 83.7 Å². The number of carbonyl (C=O) groups excluding carboxylic acids is 1. The summed E-state index contributed by atoms with van der Waals surface area (Å²) in [6.45, 7) is 13.9. The molecule has 0 bridgehead atoms. The Hall–Kier alpha value is -1.71. The fourth-order valence-corrected chi connectivity index (χ4v) is 4.18. The summed E-state index contributed by atoms with van der Waals surface area (Å²) < 4.78 is 19.4. The zero-order valence-corrected chi connectivity index (χ0v) is 18.1. The van der Waals surface area contributed by atoms with Gasteiger partial charge in [0.15, 0.2) is 20.6 Å². The zero-order valence-electron chi connectivity index (χ0n) is 17.1. The molecule has 1 aliphatic rings. The van der Waals surface area contributed by atoms with Gasteiger partial charge in [0.25, 0.3) is 5.56 Å². The van der Waals surface area contributed by atoms with Gasteiger partial charge in [-0.1, -0.05) is 27.7 Å². The lowest BCUT2D eigenvalue weighted by atomic mass is 10.1. The normalized spacial score (nSPS) is 26.2. The SMILES string of the molecule is CCC1OC(n2ccc(=O)[nH]c2=O)C(OC(C)=O)C1O[Si](C)(C)C(C)(C)C. The summed E-state index contributed by atoms with van der Waals surface area (Å²) in [5.41, 5.74) is -1.12. The minimum absolute atomic E-state index is 0.0427. The molecule has 4 atom stereocenters. The topological polar surface area (TPSA) is 99.6 Å². The maximum absolute atomic E-state index is 12.3. The summed E-state index contributed by atoms with van der Waals surface area (Å²) in [5, 5.41) is -0.0427. The van der Waals surface area contributed by atoms with E-state index in [1.807, 2.05) is 6.92 Å². The van der Waals surface area contributed by atoms with Crippen LogP contribution in [0.3, 0.4) is 0 Å². The molecule has 9 heteroatoms.